The molecule has 10 heteroatoms. The second-order valence-corrected chi connectivity index (χ2v) is 9.43. The van der Waals surface area contributed by atoms with Gasteiger partial charge in [0, 0.05) is 18.6 Å². The fourth-order valence-electron chi connectivity index (χ4n) is 3.31. The van der Waals surface area contributed by atoms with E-state index in [1.807, 2.05) is 6.07 Å². The van der Waals surface area contributed by atoms with Crippen molar-refractivity contribution in [1.82, 2.24) is 15.1 Å². The van der Waals surface area contributed by atoms with Gasteiger partial charge in [0.2, 0.25) is 0 Å². The molecule has 7 nitrogen and oxygen atoms in total. The minimum absolute atomic E-state index is 0.107. The van der Waals surface area contributed by atoms with Crippen molar-refractivity contribution in [2.24, 2.45) is 0 Å². The molecule has 2 atom stereocenters. The maximum absolute atomic E-state index is 13.5. The first-order valence-corrected chi connectivity index (χ1v) is 11.2. The summed E-state index contributed by atoms with van der Waals surface area (Å²) in [5.74, 6) is -4.99. The van der Waals surface area contributed by atoms with Gasteiger partial charge < -0.3 is 5.32 Å². The molecule has 2 aromatic carbocycles. The number of alkyl halides is 2. The number of nitriles is 1. The first kappa shape index (κ1) is 22.4. The molecule has 1 N–H and O–H groups in total. The molecule has 0 aliphatic rings. The number of amides is 1. The lowest BCUT2D eigenvalue weighted by atomic mass is 9.99. The number of hydrogen-bond acceptors (Lipinski definition) is 5. The van der Waals surface area contributed by atoms with Crippen LogP contribution in [0.15, 0.2) is 53.6 Å². The standard InChI is InChI=1S/C21H20F2N4O3S/c1-13(26-20(28)21(2,22)23)19(15-5-7-17(8-6-15)31(3,29)30)27-18-9-4-14(11-24)10-16(18)12-25-27/h4-10,12-13,19H,1-3H3,(H,26,28)/t13-,19-/m0/s1. The maximum atomic E-state index is 13.5. The number of nitrogens with zero attached hydrogens (tertiary/aromatic N) is 3. The molecule has 0 spiro atoms. The van der Waals surface area contributed by atoms with E-state index in [0.717, 1.165) is 6.26 Å². The monoisotopic (exact) mass is 446 g/mol. The molecule has 0 aliphatic carbocycles. The van der Waals surface area contributed by atoms with Crippen LogP contribution in [0, 0.1) is 11.3 Å². The number of carbonyl (C=O) groups is 1. The lowest BCUT2D eigenvalue weighted by Gasteiger charge is -2.27. The molecule has 0 saturated heterocycles. The number of fused-ring (bicyclic) bond motifs is 1. The molecule has 0 saturated carbocycles. The molecule has 0 bridgehead atoms. The maximum Gasteiger partial charge on any atom is 0.321 e. The van der Waals surface area contributed by atoms with Crippen molar-refractivity contribution in [2.75, 3.05) is 6.26 Å². The lowest BCUT2D eigenvalue weighted by Crippen LogP contribution is -2.46. The van der Waals surface area contributed by atoms with Gasteiger partial charge in [-0.25, -0.2) is 8.42 Å². The number of hydrogen-bond donors (Lipinski definition) is 1. The summed E-state index contributed by atoms with van der Waals surface area (Å²) in [6.45, 7) is 2.08. The van der Waals surface area contributed by atoms with Crippen molar-refractivity contribution in [2.45, 2.75) is 36.7 Å². The van der Waals surface area contributed by atoms with Crippen LogP contribution in [0.3, 0.4) is 0 Å². The summed E-state index contributed by atoms with van der Waals surface area (Å²) in [4.78, 5) is 12.0. The molecule has 31 heavy (non-hydrogen) atoms. The Hall–Kier alpha value is -3.32. The average molecular weight is 446 g/mol. The fraction of sp³-hybridized carbons (Fsp3) is 0.286. The summed E-state index contributed by atoms with van der Waals surface area (Å²) in [5, 5.41) is 16.4. The van der Waals surface area contributed by atoms with E-state index < -0.39 is 33.8 Å². The van der Waals surface area contributed by atoms with E-state index in [9.17, 15) is 22.0 Å². The molecule has 0 radical (unpaired) electrons. The minimum atomic E-state index is -3.56. The van der Waals surface area contributed by atoms with E-state index in [1.165, 1.54) is 18.3 Å². The molecule has 162 valence electrons. The van der Waals surface area contributed by atoms with Crippen molar-refractivity contribution >= 4 is 26.6 Å². The Labute approximate surface area is 178 Å². The van der Waals surface area contributed by atoms with Gasteiger partial charge in [-0.15, -0.1) is 0 Å². The smallest absolute Gasteiger partial charge is 0.321 e. The Morgan fingerprint density at radius 1 is 1.23 bits per heavy atom. The quantitative estimate of drug-likeness (QED) is 0.627. The van der Waals surface area contributed by atoms with Gasteiger partial charge >= 0.3 is 5.92 Å². The van der Waals surface area contributed by atoms with Gasteiger partial charge in [-0.05, 0) is 42.8 Å². The van der Waals surface area contributed by atoms with Gasteiger partial charge in [0.25, 0.3) is 5.91 Å². The molecule has 0 unspecified atom stereocenters. The third kappa shape index (κ3) is 4.72. The highest BCUT2D eigenvalue weighted by atomic mass is 32.2. The Kier molecular flexibility index (Phi) is 5.83. The Morgan fingerprint density at radius 3 is 2.42 bits per heavy atom. The number of benzene rings is 2. The summed E-state index contributed by atoms with van der Waals surface area (Å²) in [7, 11) is -3.42. The highest BCUT2D eigenvalue weighted by molar-refractivity contribution is 7.90. The van der Waals surface area contributed by atoms with E-state index >= 15 is 0 Å². The van der Waals surface area contributed by atoms with Gasteiger partial charge in [0.15, 0.2) is 9.84 Å². The summed E-state index contributed by atoms with van der Waals surface area (Å²) in [5.41, 5.74) is 1.63. The van der Waals surface area contributed by atoms with E-state index in [1.54, 1.807) is 41.9 Å². The van der Waals surface area contributed by atoms with E-state index in [2.05, 4.69) is 10.4 Å². The van der Waals surface area contributed by atoms with Gasteiger partial charge in [-0.2, -0.15) is 19.1 Å². The lowest BCUT2D eigenvalue weighted by molar-refractivity contribution is -0.143. The first-order valence-electron chi connectivity index (χ1n) is 9.28. The van der Waals surface area contributed by atoms with Gasteiger partial charge in [0.05, 0.1) is 40.3 Å². The number of rotatable bonds is 6. The number of halogens is 2. The number of carbonyl (C=O) groups excluding carboxylic acids is 1. The molecule has 1 heterocycles. The number of sulfone groups is 1. The van der Waals surface area contributed by atoms with Crippen LogP contribution in [0.5, 0.6) is 0 Å². The third-order valence-electron chi connectivity index (χ3n) is 4.87. The Bertz CT molecular complexity index is 1270. The van der Waals surface area contributed by atoms with Crippen LogP contribution in [-0.4, -0.2) is 42.3 Å². The van der Waals surface area contributed by atoms with Crippen molar-refractivity contribution in [3.8, 4) is 6.07 Å². The molecular weight excluding hydrogens is 426 g/mol. The minimum Gasteiger partial charge on any atom is -0.346 e. The fourth-order valence-corrected chi connectivity index (χ4v) is 3.94. The summed E-state index contributed by atoms with van der Waals surface area (Å²) in [6.07, 6.45) is 2.62. The Morgan fingerprint density at radius 2 is 1.87 bits per heavy atom. The van der Waals surface area contributed by atoms with E-state index in [4.69, 9.17) is 5.26 Å². The number of nitrogens with one attached hydrogen (secondary N) is 1. The molecule has 1 amide bonds. The first-order chi connectivity index (χ1) is 14.4. The van der Waals surface area contributed by atoms with Crippen LogP contribution >= 0.6 is 0 Å². The Balaban J connectivity index is 2.11. The highest BCUT2D eigenvalue weighted by Gasteiger charge is 2.35. The topological polar surface area (TPSA) is 105 Å². The zero-order chi connectivity index (χ0) is 23.0. The van der Waals surface area contributed by atoms with Crippen LogP contribution in [0.4, 0.5) is 8.78 Å². The van der Waals surface area contributed by atoms with Crippen molar-refractivity contribution < 1.29 is 22.0 Å². The second kappa shape index (κ2) is 8.07. The average Bonchev–Trinajstić information content (AvgIpc) is 3.10. The van der Waals surface area contributed by atoms with Crippen LogP contribution < -0.4 is 5.32 Å². The number of aromatic nitrogens is 2. The SMILES string of the molecule is C[C@H](NC(=O)C(C)(F)F)[C@@H](c1ccc(S(C)(=O)=O)cc1)n1ncc2cc(C#N)ccc21. The zero-order valence-corrected chi connectivity index (χ0v) is 17.8. The summed E-state index contributed by atoms with van der Waals surface area (Å²) in [6, 6.07) is 11.4. The predicted molar refractivity (Wildman–Crippen MR) is 110 cm³/mol. The highest BCUT2D eigenvalue weighted by Crippen LogP contribution is 2.28. The van der Waals surface area contributed by atoms with Crippen LogP contribution in [0.25, 0.3) is 10.9 Å². The van der Waals surface area contributed by atoms with Gasteiger partial charge in [0.1, 0.15) is 0 Å². The van der Waals surface area contributed by atoms with E-state index in [-0.39, 0.29) is 4.90 Å². The van der Waals surface area contributed by atoms with Crippen LogP contribution in [0.2, 0.25) is 0 Å². The van der Waals surface area contributed by atoms with E-state index in [0.29, 0.717) is 29.0 Å². The molecule has 3 rings (SSSR count). The largest absolute Gasteiger partial charge is 0.346 e. The van der Waals surface area contributed by atoms with Gasteiger partial charge in [-0.3, -0.25) is 9.48 Å². The van der Waals surface area contributed by atoms with Crippen LogP contribution in [-0.2, 0) is 14.6 Å². The van der Waals surface area contributed by atoms with Crippen molar-refractivity contribution in [1.29, 1.82) is 5.26 Å². The predicted octanol–water partition coefficient (Wildman–Crippen LogP) is 3.06. The molecule has 0 fully saturated rings. The van der Waals surface area contributed by atoms with Crippen LogP contribution in [0.1, 0.15) is 31.0 Å². The molecule has 3 aromatic rings. The second-order valence-electron chi connectivity index (χ2n) is 7.41. The third-order valence-corrected chi connectivity index (χ3v) is 6.00. The van der Waals surface area contributed by atoms with Crippen molar-refractivity contribution in [3.05, 3.63) is 59.8 Å². The molecule has 0 aliphatic heterocycles. The summed E-state index contributed by atoms with van der Waals surface area (Å²) >= 11 is 0. The molecule has 1 aromatic heterocycles. The van der Waals surface area contributed by atoms with Crippen molar-refractivity contribution in [3.63, 3.8) is 0 Å². The molecular formula is C21H20F2N4O3S. The van der Waals surface area contributed by atoms with Gasteiger partial charge in [-0.1, -0.05) is 12.1 Å². The summed E-state index contributed by atoms with van der Waals surface area (Å²) < 4.78 is 52.1. The normalized spacial score (nSPS) is 14.1. The zero-order valence-electron chi connectivity index (χ0n) is 17.0.